The van der Waals surface area contributed by atoms with E-state index in [1.807, 2.05) is 0 Å². The van der Waals surface area contributed by atoms with E-state index in [0.29, 0.717) is 12.2 Å². The average Bonchev–Trinajstić information content (AvgIpc) is 2.82. The van der Waals surface area contributed by atoms with E-state index in [2.05, 4.69) is 12.2 Å². The highest BCUT2D eigenvalue weighted by Crippen LogP contribution is 2.18. The summed E-state index contributed by atoms with van der Waals surface area (Å²) in [6.07, 6.45) is 17.2. The van der Waals surface area contributed by atoms with Crippen LogP contribution in [0, 0.1) is 5.82 Å². The van der Waals surface area contributed by atoms with Crippen LogP contribution in [-0.4, -0.2) is 31.2 Å². The predicted molar refractivity (Wildman–Crippen MR) is 137 cm³/mol. The summed E-state index contributed by atoms with van der Waals surface area (Å²) in [5.41, 5.74) is 0.431. The van der Waals surface area contributed by atoms with E-state index in [9.17, 15) is 14.0 Å². The first-order chi connectivity index (χ1) is 16.5. The summed E-state index contributed by atoms with van der Waals surface area (Å²) in [6.45, 7) is 6.26. The Kier molecular flexibility index (Phi) is 16.9. The number of carbonyl (C=O) groups is 2. The standard InChI is InChI=1S/C28H46FNO4/c1-4-6-7-8-9-10-11-12-13-14-15-16-17-18-21-30-26-20-19-24(22-25(26)29)28(32)34-23(3)27(31)33-5-2/h19-20,22-23,30H,4-18,21H2,1-3H3. The molecule has 0 amide bonds. The van der Waals surface area contributed by atoms with Crippen molar-refractivity contribution < 1.29 is 23.5 Å². The van der Waals surface area contributed by atoms with Gasteiger partial charge in [-0.15, -0.1) is 0 Å². The van der Waals surface area contributed by atoms with E-state index >= 15 is 0 Å². The van der Waals surface area contributed by atoms with Gasteiger partial charge in [0.05, 0.1) is 17.9 Å². The van der Waals surface area contributed by atoms with Crippen LogP contribution < -0.4 is 5.32 Å². The number of halogens is 1. The van der Waals surface area contributed by atoms with Gasteiger partial charge >= 0.3 is 11.9 Å². The normalized spacial score (nSPS) is 11.8. The number of carbonyl (C=O) groups excluding carboxylic acids is 2. The number of unbranched alkanes of at least 4 members (excludes halogenated alkanes) is 13. The molecular weight excluding hydrogens is 433 g/mol. The number of benzene rings is 1. The number of anilines is 1. The summed E-state index contributed by atoms with van der Waals surface area (Å²) in [4.78, 5) is 23.7. The maximum atomic E-state index is 14.3. The van der Waals surface area contributed by atoms with Crippen LogP contribution in [0.1, 0.15) is 121 Å². The Balaban J connectivity index is 2.11. The SMILES string of the molecule is CCCCCCCCCCCCCCCCNc1ccc(C(=O)OC(C)C(=O)OCC)cc1F. The molecule has 1 aromatic carbocycles. The first-order valence-electron chi connectivity index (χ1n) is 13.4. The van der Waals surface area contributed by atoms with Crippen molar-refractivity contribution in [1.82, 2.24) is 0 Å². The smallest absolute Gasteiger partial charge is 0.347 e. The highest BCUT2D eigenvalue weighted by molar-refractivity contribution is 5.91. The Morgan fingerprint density at radius 3 is 1.88 bits per heavy atom. The van der Waals surface area contributed by atoms with Gasteiger partial charge in [-0.2, -0.15) is 0 Å². The lowest BCUT2D eigenvalue weighted by molar-refractivity contribution is -0.152. The summed E-state index contributed by atoms with van der Waals surface area (Å²) < 4.78 is 24.2. The molecular formula is C28H46FNO4. The summed E-state index contributed by atoms with van der Waals surface area (Å²) in [5.74, 6) is -1.88. The second-order valence-electron chi connectivity index (χ2n) is 9.02. The predicted octanol–water partition coefficient (Wildman–Crippen LogP) is 7.83. The molecule has 0 aliphatic carbocycles. The van der Waals surface area contributed by atoms with Crippen molar-refractivity contribution in [3.63, 3.8) is 0 Å². The highest BCUT2D eigenvalue weighted by atomic mass is 19.1. The minimum absolute atomic E-state index is 0.0655. The molecule has 1 aromatic rings. The highest BCUT2D eigenvalue weighted by Gasteiger charge is 2.20. The van der Waals surface area contributed by atoms with Gasteiger partial charge in [0.1, 0.15) is 5.82 Å². The maximum Gasteiger partial charge on any atom is 0.347 e. The van der Waals surface area contributed by atoms with Crippen LogP contribution >= 0.6 is 0 Å². The van der Waals surface area contributed by atoms with Gasteiger partial charge in [-0.1, -0.05) is 90.4 Å². The van der Waals surface area contributed by atoms with E-state index in [4.69, 9.17) is 9.47 Å². The molecule has 34 heavy (non-hydrogen) atoms. The molecule has 1 rings (SSSR count). The molecule has 1 unspecified atom stereocenters. The zero-order chi connectivity index (χ0) is 25.0. The summed E-state index contributed by atoms with van der Waals surface area (Å²) in [6, 6.07) is 4.16. The second-order valence-corrected chi connectivity index (χ2v) is 9.02. The van der Waals surface area contributed by atoms with Crippen molar-refractivity contribution in [2.45, 2.75) is 117 Å². The molecule has 0 spiro atoms. The number of hydrogen-bond donors (Lipinski definition) is 1. The molecule has 0 saturated carbocycles. The Bertz CT molecular complexity index is 695. The molecule has 1 N–H and O–H groups in total. The van der Waals surface area contributed by atoms with Crippen molar-refractivity contribution in [1.29, 1.82) is 0 Å². The van der Waals surface area contributed by atoms with E-state index in [-0.39, 0.29) is 12.2 Å². The molecule has 0 fully saturated rings. The van der Waals surface area contributed by atoms with Crippen LogP contribution in [0.3, 0.4) is 0 Å². The number of nitrogens with one attached hydrogen (secondary N) is 1. The lowest BCUT2D eigenvalue weighted by Crippen LogP contribution is -2.26. The van der Waals surface area contributed by atoms with E-state index in [0.717, 1.165) is 18.9 Å². The van der Waals surface area contributed by atoms with Crippen LogP contribution in [0.5, 0.6) is 0 Å². The first kappa shape index (κ1) is 29.9. The molecule has 1 atom stereocenters. The fourth-order valence-corrected chi connectivity index (χ4v) is 3.86. The van der Waals surface area contributed by atoms with Gasteiger partial charge in [-0.05, 0) is 38.5 Å². The molecule has 0 aliphatic rings. The summed E-state index contributed by atoms with van der Waals surface area (Å²) in [7, 11) is 0. The minimum Gasteiger partial charge on any atom is -0.463 e. The minimum atomic E-state index is -1.03. The third-order valence-corrected chi connectivity index (χ3v) is 5.95. The molecule has 0 aromatic heterocycles. The van der Waals surface area contributed by atoms with Crippen LogP contribution in [0.25, 0.3) is 0 Å². The van der Waals surface area contributed by atoms with Gasteiger partial charge in [0.2, 0.25) is 0 Å². The zero-order valence-corrected chi connectivity index (χ0v) is 21.6. The van der Waals surface area contributed by atoms with Crippen molar-refractivity contribution in [3.8, 4) is 0 Å². The average molecular weight is 480 g/mol. The molecule has 0 radical (unpaired) electrons. The van der Waals surface area contributed by atoms with Crippen molar-refractivity contribution in [2.24, 2.45) is 0 Å². The largest absolute Gasteiger partial charge is 0.463 e. The van der Waals surface area contributed by atoms with Crippen LogP contribution in [0.4, 0.5) is 10.1 Å². The van der Waals surface area contributed by atoms with E-state index in [1.165, 1.54) is 96.1 Å². The maximum absolute atomic E-state index is 14.3. The van der Waals surface area contributed by atoms with Gasteiger partial charge in [-0.25, -0.2) is 14.0 Å². The molecule has 6 heteroatoms. The Hall–Kier alpha value is -2.11. The number of esters is 2. The molecule has 0 saturated heterocycles. The number of ether oxygens (including phenoxy) is 2. The third-order valence-electron chi connectivity index (χ3n) is 5.95. The lowest BCUT2D eigenvalue weighted by Gasteiger charge is -2.13. The van der Waals surface area contributed by atoms with Crippen molar-refractivity contribution in [3.05, 3.63) is 29.6 Å². The first-order valence-corrected chi connectivity index (χ1v) is 13.4. The van der Waals surface area contributed by atoms with Crippen LogP contribution in [0.2, 0.25) is 0 Å². The van der Waals surface area contributed by atoms with Gasteiger partial charge in [0.15, 0.2) is 6.10 Å². The fraction of sp³-hybridized carbons (Fsp3) is 0.714. The molecule has 5 nitrogen and oxygen atoms in total. The van der Waals surface area contributed by atoms with E-state index < -0.39 is 23.9 Å². The number of hydrogen-bond acceptors (Lipinski definition) is 5. The third kappa shape index (κ3) is 13.6. The van der Waals surface area contributed by atoms with Gasteiger partial charge in [0, 0.05) is 6.54 Å². The fourth-order valence-electron chi connectivity index (χ4n) is 3.86. The molecule has 0 heterocycles. The zero-order valence-electron chi connectivity index (χ0n) is 21.6. The summed E-state index contributed by atoms with van der Waals surface area (Å²) >= 11 is 0. The molecule has 0 aliphatic heterocycles. The Morgan fingerprint density at radius 1 is 0.853 bits per heavy atom. The van der Waals surface area contributed by atoms with Crippen molar-refractivity contribution >= 4 is 17.6 Å². The van der Waals surface area contributed by atoms with Gasteiger partial charge in [0.25, 0.3) is 0 Å². The van der Waals surface area contributed by atoms with Crippen LogP contribution in [-0.2, 0) is 14.3 Å². The second kappa shape index (κ2) is 19.2. The lowest BCUT2D eigenvalue weighted by atomic mass is 10.0. The van der Waals surface area contributed by atoms with E-state index in [1.54, 1.807) is 6.92 Å². The molecule has 194 valence electrons. The Morgan fingerprint density at radius 2 is 1.38 bits per heavy atom. The molecule has 0 bridgehead atoms. The Labute approximate surface area is 206 Å². The van der Waals surface area contributed by atoms with Gasteiger partial charge in [-0.3, -0.25) is 0 Å². The quantitative estimate of drug-likeness (QED) is 0.152. The number of rotatable bonds is 20. The topological polar surface area (TPSA) is 64.6 Å². The van der Waals surface area contributed by atoms with Gasteiger partial charge < -0.3 is 14.8 Å². The monoisotopic (exact) mass is 479 g/mol. The summed E-state index contributed by atoms with van der Waals surface area (Å²) in [5, 5.41) is 3.10. The van der Waals surface area contributed by atoms with Crippen molar-refractivity contribution in [2.75, 3.05) is 18.5 Å². The van der Waals surface area contributed by atoms with Crippen LogP contribution in [0.15, 0.2) is 18.2 Å².